The molecule has 5 aromatic carbocycles. The first-order chi connectivity index (χ1) is 24.8. The molecule has 3 aromatic heterocycles. The van der Waals surface area contributed by atoms with Crippen LogP contribution in [0.4, 0.5) is 11.9 Å². The zero-order valence-corrected chi connectivity index (χ0v) is 30.7. The third kappa shape index (κ3) is 6.38. The normalized spacial score (nSPS) is 12.1. The van der Waals surface area contributed by atoms with Crippen LogP contribution in [0.5, 0.6) is 11.5 Å². The molecule has 0 atom stereocenters. The maximum Gasteiger partial charge on any atom is 2.00 e. The fraction of sp³-hybridized carbons (Fsp3) is 0.0930. The molecule has 0 radical (unpaired) electrons. The Morgan fingerprint density at radius 1 is 0.615 bits per heavy atom. The van der Waals surface area contributed by atoms with E-state index in [-0.39, 0.29) is 21.1 Å². The second kappa shape index (κ2) is 13.3. The van der Waals surface area contributed by atoms with E-state index in [2.05, 4.69) is 98.6 Å². The van der Waals surface area contributed by atoms with Crippen LogP contribution in [0, 0.1) is 12.1 Å². The number of fused-ring (bicyclic) bond motifs is 19. The van der Waals surface area contributed by atoms with E-state index in [0.717, 1.165) is 44.5 Å². The minimum Gasteiger partial charge on any atom is -0.503 e. The van der Waals surface area contributed by atoms with Crippen LogP contribution in [0.15, 0.2) is 132 Å². The first-order valence-electron chi connectivity index (χ1n) is 16.6. The molecule has 0 saturated heterocycles. The van der Waals surface area contributed by atoms with Crippen LogP contribution < -0.4 is 9.64 Å². The van der Waals surface area contributed by atoms with E-state index in [1.165, 1.54) is 0 Å². The summed E-state index contributed by atoms with van der Waals surface area (Å²) in [5, 5.41) is 0. The van der Waals surface area contributed by atoms with Crippen LogP contribution in [0.2, 0.25) is 0 Å². The standard InChI is InChI=1S/C43H30N6O2.Pt/c1-43(2,3)49-41-44-20-19-37(46-41)33-15-8-18-36(25-33)50-35-17-7-14-32(24-35)30-12-5-10-28(22-30)27-9-4-11-29(21-27)31-13-6-16-34(23-31)40-47-39-38(51-40)26-45-42(49)48-39;/h4-16,18-24,26H,1-3H3;/q-2;+2. The SMILES string of the molecule is CC(C)(C)N1c2nccc(n2)-c2[c-]c(ccc2)Oc2[c-]ccc(c2)-c2cccc(c2)-c2cccc(c2)-c2cccc(c2)-c2nc3nc1ncc3o2.[Pt+2]. The minimum absolute atomic E-state index is 0. The molecule has 0 saturated carbocycles. The number of ether oxygens (including phenoxy) is 1. The summed E-state index contributed by atoms with van der Waals surface area (Å²) < 4.78 is 12.5. The van der Waals surface area contributed by atoms with Gasteiger partial charge in [-0.25, -0.2) is 9.97 Å². The van der Waals surface area contributed by atoms with E-state index in [0.29, 0.717) is 46.2 Å². The second-order valence-corrected chi connectivity index (χ2v) is 13.3. The van der Waals surface area contributed by atoms with Crippen molar-refractivity contribution in [3.8, 4) is 67.6 Å². The quantitative estimate of drug-likeness (QED) is 0.139. The van der Waals surface area contributed by atoms with Gasteiger partial charge in [0.25, 0.3) is 0 Å². The van der Waals surface area contributed by atoms with Gasteiger partial charge in [0.1, 0.15) is 0 Å². The molecule has 0 N–H and O–H groups in total. The summed E-state index contributed by atoms with van der Waals surface area (Å²) >= 11 is 0. The fourth-order valence-corrected chi connectivity index (χ4v) is 6.30. The van der Waals surface area contributed by atoms with Crippen LogP contribution in [0.25, 0.3) is 67.3 Å². The van der Waals surface area contributed by atoms with Gasteiger partial charge in [-0.05, 0) is 78.5 Å². The van der Waals surface area contributed by atoms with Crippen molar-refractivity contribution in [3.05, 3.63) is 140 Å². The third-order valence-electron chi connectivity index (χ3n) is 8.73. The van der Waals surface area contributed by atoms with Crippen LogP contribution in [0.3, 0.4) is 0 Å². The van der Waals surface area contributed by atoms with Gasteiger partial charge in [0.2, 0.25) is 23.4 Å². The van der Waals surface area contributed by atoms with Gasteiger partial charge < -0.3 is 9.15 Å². The molecule has 9 rings (SSSR count). The molecule has 1 aliphatic heterocycles. The summed E-state index contributed by atoms with van der Waals surface area (Å²) in [6.07, 6.45) is 3.38. The zero-order valence-electron chi connectivity index (χ0n) is 28.4. The van der Waals surface area contributed by atoms with Crippen LogP contribution >= 0.6 is 0 Å². The molecule has 4 heterocycles. The Morgan fingerprint density at radius 2 is 1.23 bits per heavy atom. The van der Waals surface area contributed by atoms with Gasteiger partial charge in [-0.2, -0.15) is 22.1 Å². The van der Waals surface area contributed by atoms with Crippen molar-refractivity contribution >= 4 is 23.1 Å². The molecule has 0 spiro atoms. The minimum atomic E-state index is -0.486. The van der Waals surface area contributed by atoms with Crippen molar-refractivity contribution in [3.63, 3.8) is 0 Å². The predicted molar refractivity (Wildman–Crippen MR) is 198 cm³/mol. The number of benzene rings is 5. The van der Waals surface area contributed by atoms with Crippen molar-refractivity contribution < 1.29 is 30.2 Å². The average Bonchev–Trinajstić information content (AvgIpc) is 3.59. The van der Waals surface area contributed by atoms with Gasteiger partial charge in [-0.1, -0.05) is 60.7 Å². The predicted octanol–water partition coefficient (Wildman–Crippen LogP) is 10.4. The molecule has 0 fully saturated rings. The van der Waals surface area contributed by atoms with Gasteiger partial charge in [-0.3, -0.25) is 9.88 Å². The largest absolute Gasteiger partial charge is 2.00 e. The molecule has 8 aromatic rings. The number of oxazole rings is 1. The van der Waals surface area contributed by atoms with Crippen molar-refractivity contribution in [1.82, 2.24) is 24.9 Å². The van der Waals surface area contributed by atoms with Gasteiger partial charge in [0, 0.05) is 28.8 Å². The van der Waals surface area contributed by atoms with E-state index in [9.17, 15) is 0 Å². The monoisotopic (exact) mass is 857 g/mol. The molecule has 1 aliphatic rings. The van der Waals surface area contributed by atoms with E-state index < -0.39 is 5.54 Å². The number of nitrogens with zero attached hydrogens (tertiary/aromatic N) is 6. The number of hydrogen-bond donors (Lipinski definition) is 0. The Bertz CT molecular complexity index is 2600. The van der Waals surface area contributed by atoms with Gasteiger partial charge in [0.05, 0.1) is 6.20 Å². The van der Waals surface area contributed by atoms with Crippen molar-refractivity contribution in [1.29, 1.82) is 0 Å². The number of anilines is 2. The molecular formula is C43H30N6O2Pt. The number of rotatable bonds is 0. The molecule has 0 amide bonds. The summed E-state index contributed by atoms with van der Waals surface area (Å²) in [7, 11) is 0. The average molecular weight is 858 g/mol. The van der Waals surface area contributed by atoms with Crippen molar-refractivity contribution in [2.24, 2.45) is 0 Å². The summed E-state index contributed by atoms with van der Waals surface area (Å²) in [4.78, 5) is 25.9. The van der Waals surface area contributed by atoms with Crippen LogP contribution in [-0.2, 0) is 21.1 Å². The number of hydrogen-bond acceptors (Lipinski definition) is 8. The summed E-state index contributed by atoms with van der Waals surface area (Å²) in [6.45, 7) is 6.18. The first-order valence-corrected chi connectivity index (χ1v) is 16.6. The molecule has 254 valence electrons. The van der Waals surface area contributed by atoms with Crippen molar-refractivity contribution in [2.45, 2.75) is 26.3 Å². The van der Waals surface area contributed by atoms with E-state index in [4.69, 9.17) is 29.1 Å². The molecule has 0 unspecified atom stereocenters. The summed E-state index contributed by atoms with van der Waals surface area (Å²) in [5.41, 5.74) is 9.13. The Kier molecular flexibility index (Phi) is 8.48. The molecule has 15 bridgehead atoms. The third-order valence-corrected chi connectivity index (χ3v) is 8.73. The van der Waals surface area contributed by atoms with E-state index >= 15 is 0 Å². The maximum atomic E-state index is 6.32. The molecule has 52 heavy (non-hydrogen) atoms. The van der Waals surface area contributed by atoms with Crippen molar-refractivity contribution in [2.75, 3.05) is 4.90 Å². The zero-order chi connectivity index (χ0) is 34.5. The Balaban J connectivity index is 0.00000387. The topological polar surface area (TPSA) is 90.1 Å². The van der Waals surface area contributed by atoms with Gasteiger partial charge in [-0.15, -0.1) is 41.5 Å². The second-order valence-electron chi connectivity index (χ2n) is 13.3. The first kappa shape index (κ1) is 33.2. The Labute approximate surface area is 315 Å². The van der Waals surface area contributed by atoms with E-state index in [1.807, 2.05) is 59.5 Å². The summed E-state index contributed by atoms with van der Waals surface area (Å²) in [6, 6.07) is 45.4. The molecule has 0 aliphatic carbocycles. The van der Waals surface area contributed by atoms with Gasteiger partial charge in [0.15, 0.2) is 5.58 Å². The van der Waals surface area contributed by atoms with Crippen LogP contribution in [-0.4, -0.2) is 30.5 Å². The van der Waals surface area contributed by atoms with E-state index in [1.54, 1.807) is 12.4 Å². The number of aromatic nitrogens is 5. The summed E-state index contributed by atoms with van der Waals surface area (Å²) in [5.74, 6) is 2.44. The van der Waals surface area contributed by atoms with Gasteiger partial charge >= 0.3 is 21.1 Å². The smallest absolute Gasteiger partial charge is 0.503 e. The fourth-order valence-electron chi connectivity index (χ4n) is 6.30. The molecule has 8 nitrogen and oxygen atoms in total. The Morgan fingerprint density at radius 3 is 1.92 bits per heavy atom. The molecule has 9 heteroatoms. The maximum absolute atomic E-state index is 6.32. The molecular weight excluding hydrogens is 828 g/mol. The van der Waals surface area contributed by atoms with Crippen LogP contribution in [0.1, 0.15) is 20.8 Å². The Hall–Kier alpha value is -5.98.